The van der Waals surface area contributed by atoms with Gasteiger partial charge >= 0.3 is 0 Å². The molecule has 0 radical (unpaired) electrons. The van der Waals surface area contributed by atoms with Crippen LogP contribution in [-0.2, 0) is 6.54 Å². The van der Waals surface area contributed by atoms with E-state index in [4.69, 9.17) is 23.2 Å². The van der Waals surface area contributed by atoms with Crippen LogP contribution in [0, 0.1) is 10.1 Å². The highest BCUT2D eigenvalue weighted by Crippen LogP contribution is 2.27. The molecule has 7 heteroatoms. The Hall–Kier alpha value is -1.98. The first-order valence-corrected chi connectivity index (χ1v) is 6.38. The number of nitrogens with one attached hydrogen (secondary N) is 1. The molecule has 2 aromatic carbocycles. The van der Waals surface area contributed by atoms with Gasteiger partial charge in [0.1, 0.15) is 5.75 Å². The second kappa shape index (κ2) is 5.98. The molecular weight excluding hydrogens is 303 g/mol. The molecule has 20 heavy (non-hydrogen) atoms. The molecule has 0 aromatic heterocycles. The van der Waals surface area contributed by atoms with Gasteiger partial charge in [-0.1, -0.05) is 23.2 Å². The molecule has 5 nitrogen and oxygen atoms in total. The molecule has 2 rings (SSSR count). The van der Waals surface area contributed by atoms with Gasteiger partial charge in [-0.3, -0.25) is 10.1 Å². The molecular formula is C13H10Cl2N2O3. The average molecular weight is 313 g/mol. The zero-order valence-corrected chi connectivity index (χ0v) is 11.6. The average Bonchev–Trinajstić information content (AvgIpc) is 2.41. The summed E-state index contributed by atoms with van der Waals surface area (Å²) in [5.74, 6) is -0.0110. The van der Waals surface area contributed by atoms with Crippen molar-refractivity contribution >= 4 is 34.6 Å². The first kappa shape index (κ1) is 14.4. The Kier molecular flexibility index (Phi) is 4.32. The summed E-state index contributed by atoms with van der Waals surface area (Å²) in [6.07, 6.45) is 0. The highest BCUT2D eigenvalue weighted by Gasteiger charge is 2.10. The van der Waals surface area contributed by atoms with Crippen LogP contribution >= 0.6 is 23.2 Å². The molecule has 0 aliphatic carbocycles. The highest BCUT2D eigenvalue weighted by atomic mass is 35.5. The van der Waals surface area contributed by atoms with Gasteiger partial charge in [-0.05, 0) is 24.3 Å². The summed E-state index contributed by atoms with van der Waals surface area (Å²) in [4.78, 5) is 10.2. The van der Waals surface area contributed by atoms with E-state index >= 15 is 0 Å². The van der Waals surface area contributed by atoms with E-state index in [0.717, 1.165) is 0 Å². The Balaban J connectivity index is 2.15. The molecule has 104 valence electrons. The number of nitrogens with zero attached hydrogens (tertiary/aromatic N) is 1. The minimum absolute atomic E-state index is 0.0110. The molecule has 0 aliphatic rings. The summed E-state index contributed by atoms with van der Waals surface area (Å²) in [5.41, 5.74) is 1.05. The Morgan fingerprint density at radius 2 is 1.90 bits per heavy atom. The van der Waals surface area contributed by atoms with Gasteiger partial charge in [0.05, 0.1) is 15.0 Å². The predicted octanol–water partition coefficient (Wildman–Crippen LogP) is 4.22. The fourth-order valence-electron chi connectivity index (χ4n) is 1.63. The lowest BCUT2D eigenvalue weighted by molar-refractivity contribution is -0.384. The van der Waals surface area contributed by atoms with Crippen molar-refractivity contribution in [1.82, 2.24) is 0 Å². The van der Waals surface area contributed by atoms with Gasteiger partial charge in [-0.25, -0.2) is 0 Å². The SMILES string of the molecule is O=[N+]([O-])c1ccc(O)c(CNc2ccc(Cl)c(Cl)c2)c1. The standard InChI is InChI=1S/C13H10Cl2N2O3/c14-11-3-1-9(6-12(11)15)16-7-8-5-10(17(19)20)2-4-13(8)18/h1-6,16,18H,7H2. The first-order chi connectivity index (χ1) is 9.47. The number of aromatic hydroxyl groups is 1. The van der Waals surface area contributed by atoms with Gasteiger partial charge in [0.2, 0.25) is 0 Å². The lowest BCUT2D eigenvalue weighted by Gasteiger charge is -2.09. The third kappa shape index (κ3) is 3.31. The molecule has 0 unspecified atom stereocenters. The molecule has 0 saturated heterocycles. The van der Waals surface area contributed by atoms with Gasteiger partial charge < -0.3 is 10.4 Å². The van der Waals surface area contributed by atoms with Crippen molar-refractivity contribution in [3.8, 4) is 5.75 Å². The summed E-state index contributed by atoms with van der Waals surface area (Å²) in [6.45, 7) is 0.228. The summed E-state index contributed by atoms with van der Waals surface area (Å²) < 4.78 is 0. The Bertz CT molecular complexity index is 662. The van der Waals surface area contributed by atoms with Crippen LogP contribution in [0.4, 0.5) is 11.4 Å². The van der Waals surface area contributed by atoms with Crippen LogP contribution in [0.3, 0.4) is 0 Å². The van der Waals surface area contributed by atoms with E-state index in [1.54, 1.807) is 18.2 Å². The van der Waals surface area contributed by atoms with Crippen molar-refractivity contribution in [2.75, 3.05) is 5.32 Å². The molecule has 0 atom stereocenters. The molecule has 0 amide bonds. The first-order valence-electron chi connectivity index (χ1n) is 5.62. The fourth-order valence-corrected chi connectivity index (χ4v) is 1.93. The van der Waals surface area contributed by atoms with Crippen molar-refractivity contribution in [1.29, 1.82) is 0 Å². The molecule has 0 spiro atoms. The minimum atomic E-state index is -0.512. The number of nitro benzene ring substituents is 1. The number of benzene rings is 2. The Labute approximate surface area is 124 Å². The summed E-state index contributed by atoms with van der Waals surface area (Å²) in [5, 5.41) is 24.2. The lowest BCUT2D eigenvalue weighted by Crippen LogP contribution is -2.00. The van der Waals surface area contributed by atoms with E-state index in [-0.39, 0.29) is 18.0 Å². The fraction of sp³-hybridized carbons (Fsp3) is 0.0769. The number of phenolic OH excluding ortho intramolecular Hbond substituents is 1. The monoisotopic (exact) mass is 312 g/mol. The molecule has 0 heterocycles. The quantitative estimate of drug-likeness (QED) is 0.654. The van der Waals surface area contributed by atoms with E-state index in [9.17, 15) is 15.2 Å². The van der Waals surface area contributed by atoms with Crippen LogP contribution in [0.5, 0.6) is 5.75 Å². The number of phenols is 1. The third-order valence-electron chi connectivity index (χ3n) is 2.68. The number of halogens is 2. The van der Waals surface area contributed by atoms with Crippen molar-refractivity contribution in [3.63, 3.8) is 0 Å². The molecule has 0 saturated carbocycles. The van der Waals surface area contributed by atoms with Crippen LogP contribution in [0.15, 0.2) is 36.4 Å². The molecule has 0 fully saturated rings. The van der Waals surface area contributed by atoms with E-state index in [2.05, 4.69) is 5.32 Å². The van der Waals surface area contributed by atoms with Crippen molar-refractivity contribution < 1.29 is 10.0 Å². The van der Waals surface area contributed by atoms with Gasteiger partial charge in [0.25, 0.3) is 5.69 Å². The zero-order chi connectivity index (χ0) is 14.7. The third-order valence-corrected chi connectivity index (χ3v) is 3.42. The van der Waals surface area contributed by atoms with Crippen LogP contribution < -0.4 is 5.32 Å². The van der Waals surface area contributed by atoms with Gasteiger partial charge in [-0.15, -0.1) is 0 Å². The summed E-state index contributed by atoms with van der Waals surface area (Å²) in [6, 6.07) is 8.86. The van der Waals surface area contributed by atoms with Gasteiger partial charge in [0, 0.05) is 29.9 Å². The number of nitro groups is 1. The van der Waals surface area contributed by atoms with Crippen LogP contribution in [0.1, 0.15) is 5.56 Å². The number of anilines is 1. The van der Waals surface area contributed by atoms with Crippen LogP contribution in [0.25, 0.3) is 0 Å². The van der Waals surface area contributed by atoms with Crippen molar-refractivity contribution in [2.24, 2.45) is 0 Å². The maximum Gasteiger partial charge on any atom is 0.270 e. The normalized spacial score (nSPS) is 10.3. The number of hydrogen-bond acceptors (Lipinski definition) is 4. The largest absolute Gasteiger partial charge is 0.508 e. The molecule has 2 aromatic rings. The topological polar surface area (TPSA) is 75.4 Å². The van der Waals surface area contributed by atoms with E-state index < -0.39 is 4.92 Å². The second-order valence-corrected chi connectivity index (χ2v) is 4.87. The maximum atomic E-state index is 10.7. The van der Waals surface area contributed by atoms with Crippen LogP contribution in [0.2, 0.25) is 10.0 Å². The Morgan fingerprint density at radius 3 is 2.55 bits per heavy atom. The van der Waals surface area contributed by atoms with Gasteiger partial charge in [0.15, 0.2) is 0 Å². The zero-order valence-electron chi connectivity index (χ0n) is 10.1. The molecule has 2 N–H and O–H groups in total. The number of non-ortho nitro benzene ring substituents is 1. The molecule has 0 aliphatic heterocycles. The number of hydrogen-bond donors (Lipinski definition) is 2. The minimum Gasteiger partial charge on any atom is -0.508 e. The van der Waals surface area contributed by atoms with Crippen molar-refractivity contribution in [3.05, 3.63) is 62.1 Å². The van der Waals surface area contributed by atoms with E-state index in [1.807, 2.05) is 0 Å². The van der Waals surface area contributed by atoms with Crippen LogP contribution in [-0.4, -0.2) is 10.0 Å². The summed E-state index contributed by atoms with van der Waals surface area (Å²) in [7, 11) is 0. The summed E-state index contributed by atoms with van der Waals surface area (Å²) >= 11 is 11.7. The van der Waals surface area contributed by atoms with Crippen molar-refractivity contribution in [2.45, 2.75) is 6.54 Å². The van der Waals surface area contributed by atoms with Gasteiger partial charge in [-0.2, -0.15) is 0 Å². The maximum absolute atomic E-state index is 10.7. The second-order valence-electron chi connectivity index (χ2n) is 4.05. The predicted molar refractivity (Wildman–Crippen MR) is 78.5 cm³/mol. The lowest BCUT2D eigenvalue weighted by atomic mass is 10.1. The smallest absolute Gasteiger partial charge is 0.270 e. The van der Waals surface area contributed by atoms with E-state index in [1.165, 1.54) is 18.2 Å². The highest BCUT2D eigenvalue weighted by molar-refractivity contribution is 6.42. The molecule has 0 bridgehead atoms. The Morgan fingerprint density at radius 1 is 1.15 bits per heavy atom. The van der Waals surface area contributed by atoms with E-state index in [0.29, 0.717) is 21.3 Å². The number of rotatable bonds is 4.